The number of piperazine rings is 1. The van der Waals surface area contributed by atoms with Crippen molar-refractivity contribution in [1.82, 2.24) is 29.9 Å². The van der Waals surface area contributed by atoms with Gasteiger partial charge in [0.25, 0.3) is 5.91 Å². The van der Waals surface area contributed by atoms with E-state index >= 15 is 0 Å². The molecule has 0 spiro atoms. The number of amides is 4. The van der Waals surface area contributed by atoms with Gasteiger partial charge < -0.3 is 25.0 Å². The molecule has 3 aromatic rings. The van der Waals surface area contributed by atoms with Gasteiger partial charge in [-0.1, -0.05) is 27.7 Å². The molecule has 16 heteroatoms. The number of imide groups is 1. The van der Waals surface area contributed by atoms with E-state index in [-0.39, 0.29) is 12.3 Å². The highest BCUT2D eigenvalue weighted by molar-refractivity contribution is 6.05. The molecular formula is C42H53N11O5. The van der Waals surface area contributed by atoms with E-state index in [0.717, 1.165) is 82.2 Å². The van der Waals surface area contributed by atoms with Gasteiger partial charge >= 0.3 is 6.03 Å². The molecule has 0 unspecified atom stereocenters. The van der Waals surface area contributed by atoms with Crippen LogP contribution >= 0.6 is 0 Å². The Morgan fingerprint density at radius 2 is 1.74 bits per heavy atom. The summed E-state index contributed by atoms with van der Waals surface area (Å²) in [6.45, 7) is 15.2. The minimum atomic E-state index is -1.45. The van der Waals surface area contributed by atoms with Gasteiger partial charge in [0.1, 0.15) is 34.9 Å². The second kappa shape index (κ2) is 14.5. The molecule has 6 heterocycles. The highest BCUT2D eigenvalue weighted by atomic mass is 16.5. The van der Waals surface area contributed by atoms with Gasteiger partial charge in [-0.25, -0.2) is 9.78 Å². The van der Waals surface area contributed by atoms with Crippen LogP contribution in [0.25, 0.3) is 5.65 Å². The summed E-state index contributed by atoms with van der Waals surface area (Å²) in [6.07, 6.45) is 10.5. The summed E-state index contributed by atoms with van der Waals surface area (Å²) in [5, 5.41) is 16.8. The van der Waals surface area contributed by atoms with E-state index in [1.807, 2.05) is 22.7 Å². The number of imidazole rings is 1. The molecule has 5 aliphatic rings. The number of rotatable bonds is 9. The molecule has 1 saturated carbocycles. The number of likely N-dealkylation sites (tertiary alicyclic amines) is 1. The molecule has 0 bridgehead atoms. The lowest BCUT2D eigenvalue weighted by molar-refractivity contribution is -0.258. The lowest BCUT2D eigenvalue weighted by atomic mass is 9.39. The van der Waals surface area contributed by atoms with Crippen LogP contribution in [0.2, 0.25) is 0 Å². The molecule has 4 amide bonds. The quantitative estimate of drug-likeness (QED) is 0.288. The number of hydrazone groups is 1. The second-order valence-electron chi connectivity index (χ2n) is 17.5. The summed E-state index contributed by atoms with van der Waals surface area (Å²) >= 11 is 0. The summed E-state index contributed by atoms with van der Waals surface area (Å²) in [5.41, 5.74) is 8.24. The number of nitriles is 1. The molecule has 1 aromatic carbocycles. The Kier molecular flexibility index (Phi) is 9.78. The Morgan fingerprint density at radius 1 is 1.00 bits per heavy atom. The van der Waals surface area contributed by atoms with Crippen molar-refractivity contribution in [2.75, 3.05) is 69.3 Å². The van der Waals surface area contributed by atoms with E-state index in [2.05, 4.69) is 76.3 Å². The SMILES string of the molecule is COc1cc(OC2([C@@]3(C(N)=O)C=CC(N4CCC(CN5CCN(c6ccn7c(N8CCC(=O)NC8=O)cnc7c6)CC5)CC4)=NN3)C(C)(C)CC2(C)C)ccc1C#N. The molecule has 2 aromatic heterocycles. The van der Waals surface area contributed by atoms with Gasteiger partial charge in [-0.05, 0) is 55.5 Å². The van der Waals surface area contributed by atoms with Crippen LogP contribution in [-0.2, 0) is 9.59 Å². The lowest BCUT2D eigenvalue weighted by Crippen LogP contribution is -2.85. The Bertz CT molecular complexity index is 2210. The largest absolute Gasteiger partial charge is 0.495 e. The van der Waals surface area contributed by atoms with Crippen LogP contribution in [0.4, 0.5) is 16.3 Å². The minimum absolute atomic E-state index is 0.260. The third kappa shape index (κ3) is 6.36. The predicted octanol–water partition coefficient (Wildman–Crippen LogP) is 3.47. The molecule has 4 aliphatic heterocycles. The number of nitrogens with one attached hydrogen (secondary N) is 2. The van der Waals surface area contributed by atoms with E-state index in [0.29, 0.717) is 35.3 Å². The molecule has 4 N–H and O–H groups in total. The molecule has 0 radical (unpaired) electrons. The van der Waals surface area contributed by atoms with Crippen LogP contribution in [0.5, 0.6) is 11.5 Å². The van der Waals surface area contributed by atoms with Gasteiger partial charge in [0, 0.05) is 93.6 Å². The third-order valence-electron chi connectivity index (χ3n) is 13.1. The smallest absolute Gasteiger partial charge is 0.329 e. The van der Waals surface area contributed by atoms with Gasteiger partial charge in [0.15, 0.2) is 11.1 Å². The maximum absolute atomic E-state index is 13.7. The molecule has 1 aliphatic carbocycles. The van der Waals surface area contributed by atoms with Crippen LogP contribution in [0.1, 0.15) is 58.9 Å². The maximum Gasteiger partial charge on any atom is 0.329 e. The summed E-state index contributed by atoms with van der Waals surface area (Å²) in [5.74, 6) is 2.00. The highest BCUT2D eigenvalue weighted by Crippen LogP contribution is 2.68. The highest BCUT2D eigenvalue weighted by Gasteiger charge is 2.78. The van der Waals surface area contributed by atoms with Gasteiger partial charge in [-0.3, -0.25) is 34.5 Å². The zero-order valence-electron chi connectivity index (χ0n) is 34.0. The topological polar surface area (TPSA) is 186 Å². The fourth-order valence-electron chi connectivity index (χ4n) is 10.7. The van der Waals surface area contributed by atoms with E-state index in [1.165, 1.54) is 7.11 Å². The number of anilines is 2. The Morgan fingerprint density at radius 3 is 2.36 bits per heavy atom. The maximum atomic E-state index is 13.7. The number of fused-ring (bicyclic) bond motifs is 1. The number of urea groups is 1. The Hall–Kier alpha value is -5.82. The number of nitrogens with zero attached hydrogens (tertiary/aromatic N) is 8. The second-order valence-corrected chi connectivity index (χ2v) is 17.5. The lowest BCUT2D eigenvalue weighted by Gasteiger charge is -2.70. The first-order valence-electron chi connectivity index (χ1n) is 20.1. The van der Waals surface area contributed by atoms with E-state index in [1.54, 1.807) is 29.3 Å². The number of methoxy groups -OCH3 is 1. The summed E-state index contributed by atoms with van der Waals surface area (Å²) in [6, 6.07) is 10.9. The fraction of sp³-hybridized carbons (Fsp3) is 0.524. The molecule has 4 fully saturated rings. The molecule has 58 heavy (non-hydrogen) atoms. The van der Waals surface area contributed by atoms with E-state index < -0.39 is 33.9 Å². The first kappa shape index (κ1) is 39.0. The van der Waals surface area contributed by atoms with E-state index in [9.17, 15) is 19.6 Å². The van der Waals surface area contributed by atoms with Crippen molar-refractivity contribution in [3.63, 3.8) is 0 Å². The summed E-state index contributed by atoms with van der Waals surface area (Å²) in [7, 11) is 1.51. The van der Waals surface area contributed by atoms with Crippen molar-refractivity contribution in [1.29, 1.82) is 5.26 Å². The molecule has 16 nitrogen and oxygen atoms in total. The standard InChI is InChI=1S/C42H53N11O5/c1-39(2)27-40(3,4)42(39,58-31-7-6-29(24-43)32(23-31)57-5)41(37(44)55)13-8-33(47-48-41)51-14-9-28(10-15-51)26-49-18-20-50(21-19-49)30-11-16-52-34(22-30)45-25-36(52)53-17-12-35(54)46-38(53)56/h6-8,11,13,16,22-23,25,28,48H,9-10,12,14-15,17-21,26-27H2,1-5H3,(H2,44,55)(H,46,54,56)/t41-/m0/s1. The van der Waals surface area contributed by atoms with Crippen LogP contribution in [-0.4, -0.2) is 113 Å². The number of nitrogens with two attached hydrogens (primary N) is 1. The van der Waals surface area contributed by atoms with Gasteiger partial charge in [-0.15, -0.1) is 0 Å². The average Bonchev–Trinajstić information content (AvgIpc) is 3.63. The fourth-order valence-corrected chi connectivity index (χ4v) is 10.7. The minimum Gasteiger partial charge on any atom is -0.495 e. The normalized spacial score (nSPS) is 24.3. The zero-order valence-corrected chi connectivity index (χ0v) is 34.0. The molecular weight excluding hydrogens is 739 g/mol. The average molecular weight is 792 g/mol. The van der Waals surface area contributed by atoms with Gasteiger partial charge in [0.05, 0.1) is 18.9 Å². The van der Waals surface area contributed by atoms with Crippen LogP contribution < -0.4 is 35.7 Å². The molecule has 8 rings (SSSR count). The van der Waals surface area contributed by atoms with Crippen LogP contribution in [0.3, 0.4) is 0 Å². The first-order valence-corrected chi connectivity index (χ1v) is 20.1. The zero-order chi connectivity index (χ0) is 41.0. The Balaban J connectivity index is 0.876. The predicted molar refractivity (Wildman–Crippen MR) is 219 cm³/mol. The Labute approximate surface area is 338 Å². The van der Waals surface area contributed by atoms with E-state index in [4.69, 9.17) is 20.3 Å². The number of hydrogen-bond donors (Lipinski definition) is 3. The van der Waals surface area contributed by atoms with Crippen molar-refractivity contribution in [2.45, 2.75) is 64.5 Å². The number of hydrogen-bond acceptors (Lipinski definition) is 12. The molecule has 1 atom stereocenters. The van der Waals surface area contributed by atoms with Gasteiger partial charge in [-0.2, -0.15) is 10.4 Å². The molecule has 306 valence electrons. The number of carbonyl (C=O) groups is 3. The number of benzene rings is 1. The van der Waals surface area contributed by atoms with Crippen molar-refractivity contribution in [3.8, 4) is 17.6 Å². The van der Waals surface area contributed by atoms with Crippen LogP contribution in [0.15, 0.2) is 60.0 Å². The number of primary amides is 1. The summed E-state index contributed by atoms with van der Waals surface area (Å²) < 4.78 is 14.3. The number of aromatic nitrogens is 2. The molecule has 3 saturated heterocycles. The van der Waals surface area contributed by atoms with Gasteiger partial charge in [0.2, 0.25) is 5.91 Å². The van der Waals surface area contributed by atoms with Crippen molar-refractivity contribution < 1.29 is 23.9 Å². The number of ether oxygens (including phenoxy) is 2. The van der Waals surface area contributed by atoms with Crippen molar-refractivity contribution in [2.24, 2.45) is 27.6 Å². The van der Waals surface area contributed by atoms with Crippen molar-refractivity contribution in [3.05, 3.63) is 60.4 Å². The number of amidine groups is 1. The number of pyridine rings is 1. The van der Waals surface area contributed by atoms with Crippen molar-refractivity contribution >= 4 is 40.8 Å². The number of carbonyl (C=O) groups excluding carboxylic acids is 3. The van der Waals surface area contributed by atoms with Crippen LogP contribution in [0, 0.1) is 28.1 Å². The monoisotopic (exact) mass is 791 g/mol. The summed E-state index contributed by atoms with van der Waals surface area (Å²) in [4.78, 5) is 51.1. The number of piperidine rings is 1. The first-order chi connectivity index (χ1) is 27.7. The third-order valence-corrected chi connectivity index (χ3v) is 13.1.